The molecule has 1 N–H and O–H groups in total. The van der Waals surface area contributed by atoms with Crippen molar-refractivity contribution < 1.29 is 27.5 Å². The third-order valence-electron chi connectivity index (χ3n) is 5.65. The van der Waals surface area contributed by atoms with Crippen molar-refractivity contribution in [2.24, 2.45) is 13.0 Å². The number of rotatable bonds is 7. The van der Waals surface area contributed by atoms with Gasteiger partial charge in [-0.3, -0.25) is 14.4 Å². The van der Waals surface area contributed by atoms with Crippen LogP contribution in [0.1, 0.15) is 29.0 Å². The first-order chi connectivity index (χ1) is 16.0. The van der Waals surface area contributed by atoms with Gasteiger partial charge in [0.1, 0.15) is 5.82 Å². The molecule has 1 aliphatic heterocycles. The highest BCUT2D eigenvalue weighted by Crippen LogP contribution is 2.24. The van der Waals surface area contributed by atoms with Crippen LogP contribution in [0.4, 0.5) is 5.69 Å². The zero-order chi connectivity index (χ0) is 25.0. The molecule has 2 amide bonds. The Hall–Kier alpha value is -3.25. The van der Waals surface area contributed by atoms with Crippen LogP contribution in [-0.4, -0.2) is 78.7 Å². The van der Waals surface area contributed by atoms with Gasteiger partial charge in [-0.1, -0.05) is 0 Å². The number of aryl methyl sites for hydroxylation is 2. The van der Waals surface area contributed by atoms with Gasteiger partial charge in [-0.25, -0.2) is 13.4 Å². The second-order valence-electron chi connectivity index (χ2n) is 8.35. The Morgan fingerprint density at radius 3 is 2.29 bits per heavy atom. The number of ether oxygens (including phenoxy) is 1. The molecular formula is C22H29N5O6S. The van der Waals surface area contributed by atoms with Crippen LogP contribution in [-0.2, 0) is 31.4 Å². The highest BCUT2D eigenvalue weighted by atomic mass is 32.2. The van der Waals surface area contributed by atoms with Crippen molar-refractivity contribution in [2.75, 3.05) is 39.1 Å². The summed E-state index contributed by atoms with van der Waals surface area (Å²) in [4.78, 5) is 42.0. The zero-order valence-electron chi connectivity index (χ0n) is 19.6. The van der Waals surface area contributed by atoms with Gasteiger partial charge >= 0.3 is 5.97 Å². The summed E-state index contributed by atoms with van der Waals surface area (Å²) in [6.45, 7) is 1.60. The summed E-state index contributed by atoms with van der Waals surface area (Å²) in [7, 11) is 1.30. The number of amides is 2. The summed E-state index contributed by atoms with van der Waals surface area (Å²) >= 11 is 0. The van der Waals surface area contributed by atoms with Gasteiger partial charge in [-0.2, -0.15) is 4.31 Å². The molecule has 0 radical (unpaired) electrons. The summed E-state index contributed by atoms with van der Waals surface area (Å²) in [6, 6.07) is 6.38. The summed E-state index contributed by atoms with van der Waals surface area (Å²) in [5, 5.41) is 2.60. The molecule has 0 aliphatic carbocycles. The fourth-order valence-corrected chi connectivity index (χ4v) is 5.02. The lowest BCUT2D eigenvalue weighted by Crippen LogP contribution is -2.41. The van der Waals surface area contributed by atoms with E-state index in [0.717, 1.165) is 0 Å². The van der Waals surface area contributed by atoms with Crippen LogP contribution in [0.25, 0.3) is 0 Å². The van der Waals surface area contributed by atoms with Gasteiger partial charge in [0.15, 0.2) is 11.6 Å². The topological polar surface area (TPSA) is 131 Å². The lowest BCUT2D eigenvalue weighted by Gasteiger charge is -2.29. The minimum Gasteiger partial charge on any atom is -0.455 e. The van der Waals surface area contributed by atoms with E-state index >= 15 is 0 Å². The largest absolute Gasteiger partial charge is 0.455 e. The number of anilines is 1. The number of hydrogen-bond acceptors (Lipinski definition) is 7. The fraction of sp³-hybridized carbons (Fsp3) is 0.455. The second-order valence-corrected chi connectivity index (χ2v) is 10.2. The molecule has 184 valence electrons. The number of nitrogens with one attached hydrogen (secondary N) is 1. The Balaban J connectivity index is 1.46. The van der Waals surface area contributed by atoms with Crippen LogP contribution >= 0.6 is 0 Å². The van der Waals surface area contributed by atoms with E-state index in [2.05, 4.69) is 10.3 Å². The third-order valence-corrected chi connectivity index (χ3v) is 7.42. The zero-order valence-corrected chi connectivity index (χ0v) is 20.5. The van der Waals surface area contributed by atoms with E-state index in [1.165, 1.54) is 15.4 Å². The third kappa shape index (κ3) is 5.81. The minimum absolute atomic E-state index is 0.00990. The number of esters is 1. The van der Waals surface area contributed by atoms with E-state index in [-0.39, 0.29) is 24.0 Å². The second kappa shape index (κ2) is 10.3. The van der Waals surface area contributed by atoms with Crippen LogP contribution in [0.2, 0.25) is 0 Å². The summed E-state index contributed by atoms with van der Waals surface area (Å²) in [6.07, 6.45) is 2.07. The molecule has 0 atom stereocenters. The molecule has 2 aromatic rings. The van der Waals surface area contributed by atoms with Gasteiger partial charge in [0.25, 0.3) is 21.8 Å². The van der Waals surface area contributed by atoms with E-state index < -0.39 is 34.4 Å². The van der Waals surface area contributed by atoms with Crippen molar-refractivity contribution in [3.8, 4) is 0 Å². The number of carbonyl (C=O) groups excluding carboxylic acids is 3. The van der Waals surface area contributed by atoms with E-state index in [0.29, 0.717) is 29.9 Å². The van der Waals surface area contributed by atoms with Gasteiger partial charge in [0.05, 0.1) is 5.92 Å². The standard InChI is InChI=1S/C22H29N5O6S/c1-15-23-20(13-26(15)4)34(31,32)27-11-9-17(10-12-27)22(30)33-14-19(28)24-18-7-5-16(6-8-18)21(29)25(2)3/h5-8,13,17H,9-12,14H2,1-4H3,(H,24,28). The number of piperidine rings is 1. The first-order valence-electron chi connectivity index (χ1n) is 10.8. The van der Waals surface area contributed by atoms with Gasteiger partial charge < -0.3 is 19.5 Å². The Kier molecular flexibility index (Phi) is 7.72. The molecule has 11 nitrogen and oxygen atoms in total. The van der Waals surface area contributed by atoms with Crippen LogP contribution in [0.5, 0.6) is 0 Å². The highest BCUT2D eigenvalue weighted by Gasteiger charge is 2.34. The number of aromatic nitrogens is 2. The monoisotopic (exact) mass is 491 g/mol. The molecule has 1 saturated heterocycles. The van der Waals surface area contributed by atoms with Crippen molar-refractivity contribution in [1.29, 1.82) is 0 Å². The van der Waals surface area contributed by atoms with E-state index in [4.69, 9.17) is 4.74 Å². The molecule has 1 fully saturated rings. The van der Waals surface area contributed by atoms with Crippen LogP contribution in [0.3, 0.4) is 0 Å². The molecule has 12 heteroatoms. The number of imidazole rings is 1. The number of hydrogen-bond donors (Lipinski definition) is 1. The Labute approximate surface area is 198 Å². The summed E-state index contributed by atoms with van der Waals surface area (Å²) in [5.41, 5.74) is 0.959. The molecule has 0 spiro atoms. The van der Waals surface area contributed by atoms with Gasteiger partial charge in [0, 0.05) is 51.7 Å². The maximum absolute atomic E-state index is 12.8. The van der Waals surface area contributed by atoms with Crippen LogP contribution in [0, 0.1) is 12.8 Å². The van der Waals surface area contributed by atoms with Crippen molar-refractivity contribution in [1.82, 2.24) is 18.8 Å². The lowest BCUT2D eigenvalue weighted by atomic mass is 9.98. The average Bonchev–Trinajstić information content (AvgIpc) is 3.16. The average molecular weight is 492 g/mol. The predicted octanol–water partition coefficient (Wildman–Crippen LogP) is 1.01. The quantitative estimate of drug-likeness (QED) is 0.572. The molecule has 3 rings (SSSR count). The number of carbonyl (C=O) groups is 3. The van der Waals surface area contributed by atoms with E-state index in [1.807, 2.05) is 0 Å². The molecule has 0 saturated carbocycles. The van der Waals surface area contributed by atoms with Crippen molar-refractivity contribution in [3.05, 3.63) is 41.9 Å². The summed E-state index contributed by atoms with van der Waals surface area (Å²) < 4.78 is 33.6. The number of benzene rings is 1. The summed E-state index contributed by atoms with van der Waals surface area (Å²) in [5.74, 6) is -1.09. The normalized spacial score (nSPS) is 15.1. The molecule has 0 unspecified atom stereocenters. The fourth-order valence-electron chi connectivity index (χ4n) is 3.52. The first-order valence-corrected chi connectivity index (χ1v) is 12.2. The maximum Gasteiger partial charge on any atom is 0.309 e. The maximum atomic E-state index is 12.8. The van der Waals surface area contributed by atoms with Crippen LogP contribution in [0.15, 0.2) is 35.5 Å². The van der Waals surface area contributed by atoms with Crippen molar-refractivity contribution >= 4 is 33.5 Å². The van der Waals surface area contributed by atoms with Gasteiger partial charge in [0.2, 0.25) is 0 Å². The molecule has 2 heterocycles. The highest BCUT2D eigenvalue weighted by molar-refractivity contribution is 7.89. The van der Waals surface area contributed by atoms with Crippen molar-refractivity contribution in [3.63, 3.8) is 0 Å². The molecular weight excluding hydrogens is 462 g/mol. The predicted molar refractivity (Wildman–Crippen MR) is 123 cm³/mol. The van der Waals surface area contributed by atoms with Crippen molar-refractivity contribution in [2.45, 2.75) is 24.8 Å². The van der Waals surface area contributed by atoms with E-state index in [1.54, 1.807) is 56.9 Å². The van der Waals surface area contributed by atoms with E-state index in [9.17, 15) is 22.8 Å². The SMILES string of the molecule is Cc1nc(S(=O)(=O)N2CCC(C(=O)OCC(=O)Nc3ccc(C(=O)N(C)C)cc3)CC2)cn1C. The molecule has 1 aromatic heterocycles. The Bertz CT molecular complexity index is 1150. The van der Waals surface area contributed by atoms with Gasteiger partial charge in [-0.15, -0.1) is 0 Å². The van der Waals surface area contributed by atoms with Crippen LogP contribution < -0.4 is 5.32 Å². The molecule has 0 bridgehead atoms. The molecule has 34 heavy (non-hydrogen) atoms. The number of sulfonamides is 1. The Morgan fingerprint density at radius 2 is 1.76 bits per heavy atom. The minimum atomic E-state index is -3.73. The smallest absolute Gasteiger partial charge is 0.309 e. The lowest BCUT2D eigenvalue weighted by molar-refractivity contribution is -0.152. The number of nitrogens with zero attached hydrogens (tertiary/aromatic N) is 4. The molecule has 1 aliphatic rings. The first kappa shape index (κ1) is 25.4. The Morgan fingerprint density at radius 1 is 1.15 bits per heavy atom. The van der Waals surface area contributed by atoms with Gasteiger partial charge in [-0.05, 0) is 44.0 Å². The molecule has 1 aromatic carbocycles.